The van der Waals surface area contributed by atoms with Crippen molar-refractivity contribution in [3.63, 3.8) is 0 Å². The van der Waals surface area contributed by atoms with Gasteiger partial charge in [0.05, 0.1) is 17.4 Å². The Hall–Kier alpha value is -2.56. The summed E-state index contributed by atoms with van der Waals surface area (Å²) in [7, 11) is 0. The van der Waals surface area contributed by atoms with Crippen LogP contribution in [0.5, 0.6) is 11.6 Å². The maximum absolute atomic E-state index is 11.0. The molecule has 0 amide bonds. The molecule has 3 N–H and O–H groups in total. The molecular weight excluding hydrogens is 256 g/mol. The summed E-state index contributed by atoms with van der Waals surface area (Å²) < 4.78 is 5.53. The lowest BCUT2D eigenvalue weighted by atomic mass is 10.1. The molecule has 0 bridgehead atoms. The van der Waals surface area contributed by atoms with E-state index in [1.165, 1.54) is 17.8 Å². The minimum atomic E-state index is -1.10. The number of carboxylic acids is 1. The van der Waals surface area contributed by atoms with Crippen LogP contribution in [0.3, 0.4) is 0 Å². The van der Waals surface area contributed by atoms with E-state index in [1.807, 2.05) is 24.3 Å². The third-order valence-electron chi connectivity index (χ3n) is 2.82. The molecule has 20 heavy (non-hydrogen) atoms. The average Bonchev–Trinajstić information content (AvgIpc) is 2.43. The Bertz CT molecular complexity index is 609. The van der Waals surface area contributed by atoms with Crippen LogP contribution in [0.1, 0.15) is 29.3 Å². The van der Waals surface area contributed by atoms with Gasteiger partial charge in [-0.15, -0.1) is 0 Å². The summed E-state index contributed by atoms with van der Waals surface area (Å²) in [5.41, 5.74) is 6.87. The summed E-state index contributed by atoms with van der Waals surface area (Å²) in [6.45, 7) is 2.12. The fourth-order valence-corrected chi connectivity index (χ4v) is 1.82. The highest BCUT2D eigenvalue weighted by Crippen LogP contribution is 2.23. The number of nitrogens with zero attached hydrogens (tertiary/aromatic N) is 1. The molecule has 0 saturated heterocycles. The first-order valence-electron chi connectivity index (χ1n) is 6.35. The van der Waals surface area contributed by atoms with E-state index in [9.17, 15) is 4.79 Å². The van der Waals surface area contributed by atoms with Crippen LogP contribution in [-0.4, -0.2) is 16.1 Å². The molecule has 0 spiro atoms. The van der Waals surface area contributed by atoms with Crippen LogP contribution in [0.4, 0.5) is 5.69 Å². The number of ether oxygens (including phenoxy) is 1. The first kappa shape index (κ1) is 13.9. The number of benzene rings is 1. The standard InChI is InChI=1S/C15H16N2O3/c1-2-3-10-4-6-11(7-5-10)20-14-8-12(15(18)19)13(16)9-17-14/h4-9H,2-3,16H2,1H3,(H,18,19). The van der Waals surface area contributed by atoms with Crippen LogP contribution in [0.2, 0.25) is 0 Å². The zero-order chi connectivity index (χ0) is 14.5. The molecule has 1 heterocycles. The number of nitrogen functional groups attached to an aromatic ring is 1. The summed E-state index contributed by atoms with van der Waals surface area (Å²) in [6, 6.07) is 8.95. The van der Waals surface area contributed by atoms with E-state index in [-0.39, 0.29) is 17.1 Å². The molecule has 104 valence electrons. The molecule has 0 radical (unpaired) electrons. The molecule has 0 saturated carbocycles. The Morgan fingerprint density at radius 3 is 2.65 bits per heavy atom. The lowest BCUT2D eigenvalue weighted by Gasteiger charge is -2.07. The quantitative estimate of drug-likeness (QED) is 0.873. The highest BCUT2D eigenvalue weighted by molar-refractivity contribution is 5.93. The largest absolute Gasteiger partial charge is 0.478 e. The van der Waals surface area contributed by atoms with E-state index in [1.54, 1.807) is 0 Å². The minimum absolute atomic E-state index is 0.0161. The van der Waals surface area contributed by atoms with E-state index >= 15 is 0 Å². The van der Waals surface area contributed by atoms with Crippen molar-refractivity contribution in [3.05, 3.63) is 47.7 Å². The number of pyridine rings is 1. The lowest BCUT2D eigenvalue weighted by molar-refractivity contribution is 0.0697. The molecule has 0 fully saturated rings. The van der Waals surface area contributed by atoms with Gasteiger partial charge in [-0.25, -0.2) is 9.78 Å². The number of nitrogens with two attached hydrogens (primary N) is 1. The Morgan fingerprint density at radius 1 is 1.35 bits per heavy atom. The smallest absolute Gasteiger partial charge is 0.338 e. The van der Waals surface area contributed by atoms with Gasteiger partial charge in [0.25, 0.3) is 0 Å². The van der Waals surface area contributed by atoms with Gasteiger partial charge in [-0.2, -0.15) is 0 Å². The van der Waals surface area contributed by atoms with Gasteiger partial charge in [0.1, 0.15) is 5.75 Å². The number of aromatic nitrogens is 1. The van der Waals surface area contributed by atoms with Crippen LogP contribution in [-0.2, 0) is 6.42 Å². The van der Waals surface area contributed by atoms with Gasteiger partial charge in [-0.3, -0.25) is 0 Å². The number of carboxylic acid groups (broad SMARTS) is 1. The second kappa shape index (κ2) is 6.06. The van der Waals surface area contributed by atoms with E-state index in [0.717, 1.165) is 12.8 Å². The van der Waals surface area contributed by atoms with Crippen molar-refractivity contribution in [2.45, 2.75) is 19.8 Å². The molecule has 1 aromatic heterocycles. The van der Waals surface area contributed by atoms with Crippen LogP contribution >= 0.6 is 0 Å². The number of rotatable bonds is 5. The predicted octanol–water partition coefficient (Wildman–Crippen LogP) is 3.11. The van der Waals surface area contributed by atoms with Crippen molar-refractivity contribution in [2.24, 2.45) is 0 Å². The molecular formula is C15H16N2O3. The summed E-state index contributed by atoms with van der Waals surface area (Å²) >= 11 is 0. The number of anilines is 1. The number of hydrogen-bond donors (Lipinski definition) is 2. The topological polar surface area (TPSA) is 85.4 Å². The van der Waals surface area contributed by atoms with Gasteiger partial charge >= 0.3 is 5.97 Å². The molecule has 0 aliphatic heterocycles. The van der Waals surface area contributed by atoms with Crippen LogP contribution in [0.25, 0.3) is 0 Å². The van der Waals surface area contributed by atoms with Crippen LogP contribution in [0.15, 0.2) is 36.5 Å². The van der Waals surface area contributed by atoms with Crippen LogP contribution < -0.4 is 10.5 Å². The van der Waals surface area contributed by atoms with Gasteiger partial charge in [0.2, 0.25) is 5.88 Å². The van der Waals surface area contributed by atoms with Gasteiger partial charge < -0.3 is 15.6 Å². The van der Waals surface area contributed by atoms with Crippen molar-refractivity contribution in [2.75, 3.05) is 5.73 Å². The van der Waals surface area contributed by atoms with Crippen molar-refractivity contribution >= 4 is 11.7 Å². The lowest BCUT2D eigenvalue weighted by Crippen LogP contribution is -2.03. The molecule has 5 heteroatoms. The molecule has 0 aliphatic rings. The third-order valence-corrected chi connectivity index (χ3v) is 2.82. The van der Waals surface area contributed by atoms with Gasteiger partial charge in [-0.05, 0) is 24.1 Å². The van der Waals surface area contributed by atoms with Gasteiger partial charge in [0, 0.05) is 6.07 Å². The van der Waals surface area contributed by atoms with Crippen molar-refractivity contribution in [1.82, 2.24) is 4.98 Å². The number of hydrogen-bond acceptors (Lipinski definition) is 4. The van der Waals surface area contributed by atoms with Crippen LogP contribution in [0, 0.1) is 0 Å². The third kappa shape index (κ3) is 3.26. The molecule has 2 rings (SSSR count). The van der Waals surface area contributed by atoms with E-state index < -0.39 is 5.97 Å². The normalized spacial score (nSPS) is 10.2. The molecule has 5 nitrogen and oxygen atoms in total. The number of aromatic carboxylic acids is 1. The van der Waals surface area contributed by atoms with Gasteiger partial charge in [0.15, 0.2) is 0 Å². The van der Waals surface area contributed by atoms with Crippen molar-refractivity contribution in [1.29, 1.82) is 0 Å². The Labute approximate surface area is 117 Å². The number of aryl methyl sites for hydroxylation is 1. The zero-order valence-corrected chi connectivity index (χ0v) is 11.2. The first-order chi connectivity index (χ1) is 9.60. The highest BCUT2D eigenvalue weighted by atomic mass is 16.5. The summed E-state index contributed by atoms with van der Waals surface area (Å²) in [5, 5.41) is 8.99. The number of carbonyl (C=O) groups is 1. The monoisotopic (exact) mass is 272 g/mol. The van der Waals surface area contributed by atoms with Gasteiger partial charge in [-0.1, -0.05) is 25.5 Å². The summed E-state index contributed by atoms with van der Waals surface area (Å²) in [5.74, 6) is -0.286. The second-order valence-corrected chi connectivity index (χ2v) is 4.41. The van der Waals surface area contributed by atoms with E-state index in [2.05, 4.69) is 11.9 Å². The SMILES string of the molecule is CCCc1ccc(Oc2cc(C(=O)O)c(N)cn2)cc1. The fraction of sp³-hybridized carbons (Fsp3) is 0.200. The first-order valence-corrected chi connectivity index (χ1v) is 6.35. The summed E-state index contributed by atoms with van der Waals surface area (Å²) in [4.78, 5) is 14.9. The zero-order valence-electron chi connectivity index (χ0n) is 11.2. The fourth-order valence-electron chi connectivity index (χ4n) is 1.82. The Kier molecular flexibility index (Phi) is 4.20. The average molecular weight is 272 g/mol. The Morgan fingerprint density at radius 2 is 2.05 bits per heavy atom. The highest BCUT2D eigenvalue weighted by Gasteiger charge is 2.10. The van der Waals surface area contributed by atoms with Crippen molar-refractivity contribution < 1.29 is 14.6 Å². The van der Waals surface area contributed by atoms with E-state index in [4.69, 9.17) is 15.6 Å². The summed E-state index contributed by atoms with van der Waals surface area (Å²) in [6.07, 6.45) is 3.38. The predicted molar refractivity (Wildman–Crippen MR) is 76.1 cm³/mol. The maximum Gasteiger partial charge on any atom is 0.338 e. The molecule has 2 aromatic rings. The van der Waals surface area contributed by atoms with E-state index in [0.29, 0.717) is 5.75 Å². The second-order valence-electron chi connectivity index (χ2n) is 4.41. The van der Waals surface area contributed by atoms with Crippen molar-refractivity contribution in [3.8, 4) is 11.6 Å². The Balaban J connectivity index is 2.17. The molecule has 0 unspecified atom stereocenters. The minimum Gasteiger partial charge on any atom is -0.478 e. The maximum atomic E-state index is 11.0. The molecule has 0 atom stereocenters. The molecule has 1 aromatic carbocycles. The molecule has 0 aliphatic carbocycles.